The molecule has 0 radical (unpaired) electrons. The maximum atomic E-state index is 14.4. The number of sulfonamides is 1. The summed E-state index contributed by atoms with van der Waals surface area (Å²) >= 11 is 0. The van der Waals surface area contributed by atoms with E-state index >= 15 is 0 Å². The minimum atomic E-state index is -4.03. The van der Waals surface area contributed by atoms with Crippen molar-refractivity contribution in [2.24, 2.45) is 13.0 Å². The van der Waals surface area contributed by atoms with Crippen LogP contribution < -0.4 is 4.72 Å². The molecule has 1 heterocycles. The zero-order valence-electron chi connectivity index (χ0n) is 12.5. The third-order valence-electron chi connectivity index (χ3n) is 3.80. The van der Waals surface area contributed by atoms with Crippen LogP contribution in [0, 0.1) is 11.7 Å². The van der Waals surface area contributed by atoms with Gasteiger partial charge < -0.3 is 19.5 Å². The van der Waals surface area contributed by atoms with Gasteiger partial charge in [-0.2, -0.15) is 0 Å². The summed E-state index contributed by atoms with van der Waals surface area (Å²) in [6, 6.07) is -0.304. The second-order valence-corrected chi connectivity index (χ2v) is 7.13. The van der Waals surface area contributed by atoms with E-state index in [1.165, 1.54) is 11.6 Å². The van der Waals surface area contributed by atoms with E-state index in [0.717, 1.165) is 6.20 Å². The topological polar surface area (TPSA) is 101 Å². The Morgan fingerprint density at radius 2 is 2.18 bits per heavy atom. The van der Waals surface area contributed by atoms with Gasteiger partial charge >= 0.3 is 0 Å². The molecule has 1 aromatic rings. The van der Waals surface area contributed by atoms with E-state index in [9.17, 15) is 17.9 Å². The van der Waals surface area contributed by atoms with E-state index < -0.39 is 27.0 Å². The van der Waals surface area contributed by atoms with Gasteiger partial charge in [-0.1, -0.05) is 0 Å². The number of nitrogens with zero attached hydrogens (tertiary/aromatic N) is 1. The summed E-state index contributed by atoms with van der Waals surface area (Å²) < 4.78 is 47.4. The number of hydrogen-bond acceptors (Lipinski definition) is 5. The maximum absolute atomic E-state index is 14.4. The molecule has 1 unspecified atom stereocenters. The number of aliphatic hydroxyl groups is 2. The van der Waals surface area contributed by atoms with Gasteiger partial charge in [-0.3, -0.25) is 0 Å². The first-order valence-corrected chi connectivity index (χ1v) is 8.56. The van der Waals surface area contributed by atoms with Crippen molar-refractivity contribution in [3.63, 3.8) is 0 Å². The molecule has 7 nitrogen and oxygen atoms in total. The third kappa shape index (κ3) is 3.33. The Morgan fingerprint density at radius 3 is 2.73 bits per heavy atom. The molecule has 22 heavy (non-hydrogen) atoms. The van der Waals surface area contributed by atoms with Gasteiger partial charge in [0.1, 0.15) is 10.6 Å². The van der Waals surface area contributed by atoms with Crippen LogP contribution in [0.4, 0.5) is 4.39 Å². The summed E-state index contributed by atoms with van der Waals surface area (Å²) in [6.07, 6.45) is 0.635. The minimum absolute atomic E-state index is 0.0165. The lowest BCUT2D eigenvalue weighted by atomic mass is 9.82. The van der Waals surface area contributed by atoms with Crippen LogP contribution in [0.5, 0.6) is 0 Å². The van der Waals surface area contributed by atoms with Crippen molar-refractivity contribution in [1.82, 2.24) is 9.29 Å². The molecule has 0 aliphatic heterocycles. The summed E-state index contributed by atoms with van der Waals surface area (Å²) in [6.45, 7) is 1.82. The van der Waals surface area contributed by atoms with Crippen LogP contribution in [-0.4, -0.2) is 42.5 Å². The predicted molar refractivity (Wildman–Crippen MR) is 75.9 cm³/mol. The molecule has 0 bridgehead atoms. The Bertz CT molecular complexity index is 625. The molecule has 1 aromatic heterocycles. The van der Waals surface area contributed by atoms with Crippen LogP contribution in [0.25, 0.3) is 0 Å². The van der Waals surface area contributed by atoms with Gasteiger partial charge in [0.05, 0.1) is 0 Å². The second-order valence-electron chi connectivity index (χ2n) is 5.45. The van der Waals surface area contributed by atoms with Crippen molar-refractivity contribution >= 4 is 10.0 Å². The number of ether oxygens (including phenoxy) is 1. The number of hydrogen-bond donors (Lipinski definition) is 3. The van der Waals surface area contributed by atoms with Crippen molar-refractivity contribution in [2.45, 2.75) is 37.0 Å². The normalized spacial score (nSPS) is 23.3. The number of rotatable bonds is 7. The van der Waals surface area contributed by atoms with Gasteiger partial charge in [-0.05, 0) is 25.7 Å². The van der Waals surface area contributed by atoms with Crippen LogP contribution >= 0.6 is 0 Å². The summed E-state index contributed by atoms with van der Waals surface area (Å²) in [5.74, 6) is -0.933. The van der Waals surface area contributed by atoms with Crippen molar-refractivity contribution < 1.29 is 27.8 Å². The Hall–Kier alpha value is -1.00. The Labute approximate surface area is 128 Å². The fourth-order valence-electron chi connectivity index (χ4n) is 2.55. The quantitative estimate of drug-likeness (QED) is 0.619. The first kappa shape index (κ1) is 17.4. The Kier molecular flexibility index (Phi) is 5.23. The smallest absolute Gasteiger partial charge is 0.245 e. The molecule has 0 saturated heterocycles. The van der Waals surface area contributed by atoms with Crippen molar-refractivity contribution in [3.8, 4) is 0 Å². The van der Waals surface area contributed by atoms with Gasteiger partial charge in [-0.15, -0.1) is 0 Å². The summed E-state index contributed by atoms with van der Waals surface area (Å²) in [5, 5.41) is 18.7. The minimum Gasteiger partial charge on any atom is -0.396 e. The molecule has 1 fully saturated rings. The lowest BCUT2D eigenvalue weighted by Gasteiger charge is -2.34. The Morgan fingerprint density at radius 1 is 1.55 bits per heavy atom. The van der Waals surface area contributed by atoms with Crippen LogP contribution in [0.1, 0.15) is 31.7 Å². The van der Waals surface area contributed by atoms with Gasteiger partial charge in [0.15, 0.2) is 12.1 Å². The van der Waals surface area contributed by atoms with Crippen LogP contribution in [0.2, 0.25) is 0 Å². The number of aryl methyl sites for hydroxylation is 1. The van der Waals surface area contributed by atoms with Crippen molar-refractivity contribution in [1.29, 1.82) is 0 Å². The summed E-state index contributed by atoms with van der Waals surface area (Å²) in [7, 11) is -2.59. The molecule has 3 N–H and O–H groups in total. The number of aliphatic hydroxyl groups excluding tert-OH is 2. The molecule has 0 aromatic carbocycles. The zero-order chi connectivity index (χ0) is 16.5. The monoisotopic (exact) mass is 336 g/mol. The molecular formula is C13H21FN2O5S. The zero-order valence-corrected chi connectivity index (χ0v) is 13.3. The molecule has 1 aliphatic carbocycles. The molecule has 126 valence electrons. The predicted octanol–water partition coefficient (Wildman–Crippen LogP) is 0.241. The molecule has 2 rings (SSSR count). The highest BCUT2D eigenvalue weighted by Gasteiger charge is 2.35. The SMILES string of the molecule is CCOC(O)c1c(F)c(S(=O)(=O)NC2CC(CO)C2)cn1C. The van der Waals surface area contributed by atoms with E-state index in [0.29, 0.717) is 12.8 Å². The first-order chi connectivity index (χ1) is 10.3. The van der Waals surface area contributed by atoms with E-state index in [-0.39, 0.29) is 30.9 Å². The van der Waals surface area contributed by atoms with Crippen LogP contribution in [-0.2, 0) is 21.8 Å². The number of nitrogens with one attached hydrogen (secondary N) is 1. The van der Waals surface area contributed by atoms with E-state index in [2.05, 4.69) is 4.72 Å². The summed E-state index contributed by atoms with van der Waals surface area (Å²) in [4.78, 5) is -0.517. The molecular weight excluding hydrogens is 315 g/mol. The average Bonchev–Trinajstić information content (AvgIpc) is 2.70. The van der Waals surface area contributed by atoms with Gasteiger partial charge in [-0.25, -0.2) is 17.5 Å². The number of halogens is 1. The highest BCUT2D eigenvalue weighted by Crippen LogP contribution is 2.30. The fraction of sp³-hybridized carbons (Fsp3) is 0.692. The van der Waals surface area contributed by atoms with Crippen molar-refractivity contribution in [2.75, 3.05) is 13.2 Å². The van der Waals surface area contributed by atoms with E-state index in [1.807, 2.05) is 0 Å². The average molecular weight is 336 g/mol. The first-order valence-electron chi connectivity index (χ1n) is 7.07. The molecule has 1 atom stereocenters. The molecule has 1 saturated carbocycles. The van der Waals surface area contributed by atoms with Crippen molar-refractivity contribution in [3.05, 3.63) is 17.7 Å². The lowest BCUT2D eigenvalue weighted by molar-refractivity contribution is -0.104. The van der Waals surface area contributed by atoms with Gasteiger partial charge in [0.2, 0.25) is 10.0 Å². The summed E-state index contributed by atoms with van der Waals surface area (Å²) in [5.41, 5.74) is -0.232. The third-order valence-corrected chi connectivity index (χ3v) is 5.30. The number of aromatic nitrogens is 1. The highest BCUT2D eigenvalue weighted by atomic mass is 32.2. The maximum Gasteiger partial charge on any atom is 0.245 e. The Balaban J connectivity index is 2.19. The second kappa shape index (κ2) is 6.63. The molecule has 9 heteroatoms. The standard InChI is InChI=1S/C13H21FN2O5S/c1-3-21-13(18)12-11(14)10(6-16(12)2)22(19,20)15-9-4-8(5-9)7-17/h6,8-9,13,15,17-18H,3-5,7H2,1-2H3. The molecule has 1 aliphatic rings. The highest BCUT2D eigenvalue weighted by molar-refractivity contribution is 7.89. The van der Waals surface area contributed by atoms with E-state index in [1.54, 1.807) is 6.92 Å². The molecule has 0 amide bonds. The van der Waals surface area contributed by atoms with Crippen LogP contribution in [0.3, 0.4) is 0 Å². The van der Waals surface area contributed by atoms with E-state index in [4.69, 9.17) is 9.84 Å². The lowest BCUT2D eigenvalue weighted by Crippen LogP contribution is -2.45. The fourth-order valence-corrected chi connectivity index (χ4v) is 3.95. The van der Waals surface area contributed by atoms with Crippen LogP contribution in [0.15, 0.2) is 11.1 Å². The largest absolute Gasteiger partial charge is 0.396 e. The molecule has 0 spiro atoms. The van der Waals surface area contributed by atoms with Gasteiger partial charge in [0.25, 0.3) is 0 Å². The van der Waals surface area contributed by atoms with Gasteiger partial charge in [0, 0.05) is 32.5 Å².